The number of carbonyl (C=O) groups is 1. The van der Waals surface area contributed by atoms with Crippen molar-refractivity contribution < 1.29 is 9.90 Å². The molecule has 9 nitrogen and oxygen atoms in total. The minimum atomic E-state index is -0.250. The number of hydrogen-bond donors (Lipinski definition) is 3. The van der Waals surface area contributed by atoms with E-state index in [1.54, 1.807) is 6.20 Å². The Bertz CT molecular complexity index is 589. The van der Waals surface area contributed by atoms with Crippen LogP contribution < -0.4 is 10.6 Å². The van der Waals surface area contributed by atoms with Gasteiger partial charge in [0.25, 0.3) is 6.47 Å². The van der Waals surface area contributed by atoms with E-state index in [2.05, 4.69) is 30.0 Å². The maximum Gasteiger partial charge on any atom is 0.290 e. The number of hydrogen-bond acceptors (Lipinski definition) is 7. The van der Waals surface area contributed by atoms with Crippen LogP contribution in [0.2, 0.25) is 0 Å². The molecule has 0 radical (unpaired) electrons. The summed E-state index contributed by atoms with van der Waals surface area (Å²) in [6.45, 7) is 6.51. The number of H-pyrrole nitrogens is 1. The molecule has 2 aromatic rings. The van der Waals surface area contributed by atoms with E-state index in [0.29, 0.717) is 5.95 Å². The van der Waals surface area contributed by atoms with Gasteiger partial charge >= 0.3 is 0 Å². The Labute approximate surface area is 134 Å². The molecular weight excluding hydrogens is 298 g/mol. The SMILES string of the molecule is Cc1cc(N2CCN(Cc3ccn[nH]3)CC2)nc(N)n1.O=CO. The zero-order valence-corrected chi connectivity index (χ0v) is 13.0. The van der Waals surface area contributed by atoms with Crippen LogP contribution in [0.15, 0.2) is 18.3 Å². The zero-order valence-electron chi connectivity index (χ0n) is 13.0. The largest absolute Gasteiger partial charge is 0.483 e. The summed E-state index contributed by atoms with van der Waals surface area (Å²) in [4.78, 5) is 21.5. The maximum absolute atomic E-state index is 8.36. The second-order valence-corrected chi connectivity index (χ2v) is 5.18. The first-order valence-electron chi connectivity index (χ1n) is 7.27. The predicted molar refractivity (Wildman–Crippen MR) is 86.0 cm³/mol. The molecule has 3 rings (SSSR count). The van der Waals surface area contributed by atoms with Gasteiger partial charge < -0.3 is 15.7 Å². The number of piperazine rings is 1. The van der Waals surface area contributed by atoms with Crippen LogP contribution >= 0.6 is 0 Å². The van der Waals surface area contributed by atoms with E-state index in [4.69, 9.17) is 15.6 Å². The molecule has 0 saturated carbocycles. The molecule has 23 heavy (non-hydrogen) atoms. The van der Waals surface area contributed by atoms with Crippen molar-refractivity contribution in [3.8, 4) is 0 Å². The summed E-state index contributed by atoms with van der Waals surface area (Å²) in [7, 11) is 0. The maximum atomic E-state index is 8.36. The number of aromatic nitrogens is 4. The summed E-state index contributed by atoms with van der Waals surface area (Å²) in [5.41, 5.74) is 7.78. The van der Waals surface area contributed by atoms with Crippen molar-refractivity contribution >= 4 is 18.2 Å². The normalized spacial score (nSPS) is 14.9. The number of aromatic amines is 1. The van der Waals surface area contributed by atoms with E-state index in [9.17, 15) is 0 Å². The van der Waals surface area contributed by atoms with Crippen LogP contribution in [0.5, 0.6) is 0 Å². The molecule has 1 aliphatic heterocycles. The van der Waals surface area contributed by atoms with Gasteiger partial charge in [0, 0.05) is 56.4 Å². The molecule has 0 bridgehead atoms. The average Bonchev–Trinajstić information content (AvgIpc) is 3.01. The van der Waals surface area contributed by atoms with Crippen LogP contribution in [-0.2, 0) is 11.3 Å². The number of anilines is 2. The zero-order chi connectivity index (χ0) is 16.7. The summed E-state index contributed by atoms with van der Waals surface area (Å²) in [5, 5.41) is 13.9. The molecule has 3 heterocycles. The Morgan fingerprint density at radius 2 is 2.04 bits per heavy atom. The van der Waals surface area contributed by atoms with Gasteiger partial charge in [-0.2, -0.15) is 10.1 Å². The van der Waals surface area contributed by atoms with Crippen LogP contribution in [0.25, 0.3) is 0 Å². The van der Waals surface area contributed by atoms with Gasteiger partial charge in [-0.05, 0) is 13.0 Å². The standard InChI is InChI=1S/C13H19N7.CH2O2/c1-10-8-12(17-13(14)16-10)20-6-4-19(5-7-20)9-11-2-3-15-18-11;2-1-3/h2-3,8H,4-7,9H2,1H3,(H,15,18)(H2,14,16,17);1H,(H,2,3). The Balaban J connectivity index is 0.000000595. The van der Waals surface area contributed by atoms with Crippen molar-refractivity contribution in [2.24, 2.45) is 0 Å². The fourth-order valence-corrected chi connectivity index (χ4v) is 2.49. The monoisotopic (exact) mass is 319 g/mol. The Hall–Kier alpha value is -2.68. The molecule has 1 aliphatic rings. The Morgan fingerprint density at radius 1 is 1.35 bits per heavy atom. The molecule has 0 aliphatic carbocycles. The minimum absolute atomic E-state index is 0.250. The Morgan fingerprint density at radius 3 is 2.61 bits per heavy atom. The van der Waals surface area contributed by atoms with Crippen molar-refractivity contribution in [3.63, 3.8) is 0 Å². The number of nitrogens with two attached hydrogens (primary N) is 1. The highest BCUT2D eigenvalue weighted by Crippen LogP contribution is 2.16. The third-order valence-electron chi connectivity index (χ3n) is 3.51. The van der Waals surface area contributed by atoms with Crippen LogP contribution in [-0.4, -0.2) is 62.8 Å². The molecule has 1 fully saturated rings. The van der Waals surface area contributed by atoms with Crippen LogP contribution in [0, 0.1) is 6.92 Å². The van der Waals surface area contributed by atoms with Crippen LogP contribution in [0.3, 0.4) is 0 Å². The van der Waals surface area contributed by atoms with E-state index in [1.807, 2.05) is 19.1 Å². The third-order valence-corrected chi connectivity index (χ3v) is 3.51. The van der Waals surface area contributed by atoms with Crippen LogP contribution in [0.4, 0.5) is 11.8 Å². The van der Waals surface area contributed by atoms with Gasteiger partial charge in [0.1, 0.15) is 5.82 Å². The number of aryl methyl sites for hydroxylation is 1. The van der Waals surface area contributed by atoms with E-state index in [0.717, 1.165) is 49.9 Å². The summed E-state index contributed by atoms with van der Waals surface area (Å²) in [6, 6.07) is 4.00. The first-order chi connectivity index (χ1) is 11.1. The summed E-state index contributed by atoms with van der Waals surface area (Å²) < 4.78 is 0. The van der Waals surface area contributed by atoms with Gasteiger partial charge in [0.2, 0.25) is 5.95 Å². The predicted octanol–water partition coefficient (Wildman–Crippen LogP) is 0.113. The molecule has 0 atom stereocenters. The van der Waals surface area contributed by atoms with Crippen molar-refractivity contribution in [1.29, 1.82) is 0 Å². The first kappa shape index (κ1) is 16.7. The molecule has 124 valence electrons. The second-order valence-electron chi connectivity index (χ2n) is 5.18. The van der Waals surface area contributed by atoms with Crippen molar-refractivity contribution in [1.82, 2.24) is 25.1 Å². The third kappa shape index (κ3) is 4.92. The highest BCUT2D eigenvalue weighted by Gasteiger charge is 2.19. The molecule has 0 unspecified atom stereocenters. The van der Waals surface area contributed by atoms with Crippen LogP contribution in [0.1, 0.15) is 11.4 Å². The summed E-state index contributed by atoms with van der Waals surface area (Å²) in [5.74, 6) is 1.27. The quantitative estimate of drug-likeness (QED) is 0.681. The number of nitrogen functional groups attached to an aromatic ring is 1. The van der Waals surface area contributed by atoms with Gasteiger partial charge in [-0.3, -0.25) is 14.8 Å². The first-order valence-corrected chi connectivity index (χ1v) is 7.27. The molecule has 0 amide bonds. The summed E-state index contributed by atoms with van der Waals surface area (Å²) in [6.07, 6.45) is 1.79. The fourth-order valence-electron chi connectivity index (χ4n) is 2.49. The minimum Gasteiger partial charge on any atom is -0.483 e. The molecule has 1 saturated heterocycles. The molecule has 9 heteroatoms. The lowest BCUT2D eigenvalue weighted by atomic mass is 10.2. The van der Waals surface area contributed by atoms with E-state index >= 15 is 0 Å². The van der Waals surface area contributed by atoms with E-state index in [1.165, 1.54) is 0 Å². The number of rotatable bonds is 3. The van der Waals surface area contributed by atoms with Gasteiger partial charge in [0.15, 0.2) is 0 Å². The fraction of sp³-hybridized carbons (Fsp3) is 0.429. The Kier molecular flexibility index (Phi) is 5.87. The highest BCUT2D eigenvalue weighted by molar-refractivity contribution is 5.43. The highest BCUT2D eigenvalue weighted by atomic mass is 16.3. The van der Waals surface area contributed by atoms with Gasteiger partial charge in [-0.15, -0.1) is 0 Å². The lowest BCUT2D eigenvalue weighted by molar-refractivity contribution is -0.122. The smallest absolute Gasteiger partial charge is 0.290 e. The van der Waals surface area contributed by atoms with Crippen molar-refractivity contribution in [2.75, 3.05) is 36.8 Å². The van der Waals surface area contributed by atoms with Gasteiger partial charge in [-0.1, -0.05) is 0 Å². The van der Waals surface area contributed by atoms with Crippen molar-refractivity contribution in [3.05, 3.63) is 29.7 Å². The number of carboxylic acid groups (broad SMARTS) is 1. The van der Waals surface area contributed by atoms with E-state index in [-0.39, 0.29) is 6.47 Å². The molecule has 0 spiro atoms. The van der Waals surface area contributed by atoms with E-state index < -0.39 is 0 Å². The topological polar surface area (TPSA) is 124 Å². The average molecular weight is 319 g/mol. The molecule has 0 aromatic carbocycles. The second kappa shape index (κ2) is 8.08. The lowest BCUT2D eigenvalue weighted by Crippen LogP contribution is -2.46. The van der Waals surface area contributed by atoms with Gasteiger partial charge in [0.05, 0.1) is 0 Å². The number of nitrogens with zero attached hydrogens (tertiary/aromatic N) is 5. The van der Waals surface area contributed by atoms with Crippen molar-refractivity contribution in [2.45, 2.75) is 13.5 Å². The molecule has 4 N–H and O–H groups in total. The lowest BCUT2D eigenvalue weighted by Gasteiger charge is -2.35. The molecule has 2 aromatic heterocycles. The molecular formula is C14H21N7O2. The van der Waals surface area contributed by atoms with Gasteiger partial charge in [-0.25, -0.2) is 4.98 Å². The number of nitrogens with one attached hydrogen (secondary N) is 1. The summed E-state index contributed by atoms with van der Waals surface area (Å²) >= 11 is 0.